The van der Waals surface area contributed by atoms with Gasteiger partial charge < -0.3 is 24.7 Å². The summed E-state index contributed by atoms with van der Waals surface area (Å²) in [5, 5.41) is 10.1. The number of fused-ring (bicyclic) bond motifs is 1. The van der Waals surface area contributed by atoms with Gasteiger partial charge in [-0.3, -0.25) is 4.79 Å². The molecule has 0 radical (unpaired) electrons. The number of ether oxygens (including phenoxy) is 4. The summed E-state index contributed by atoms with van der Waals surface area (Å²) < 4.78 is 23.5. The molecule has 4 aromatic rings. The zero-order valence-corrected chi connectivity index (χ0v) is 25.7. The summed E-state index contributed by atoms with van der Waals surface area (Å²) in [6, 6.07) is 32.1. The molecule has 1 aliphatic rings. The third kappa shape index (κ3) is 7.30. The normalized spacial score (nSPS) is 13.9. The van der Waals surface area contributed by atoms with E-state index in [4.69, 9.17) is 24.7 Å². The molecule has 1 unspecified atom stereocenters. The summed E-state index contributed by atoms with van der Waals surface area (Å²) in [6.07, 6.45) is 5.73. The topological polar surface area (TPSA) is 104 Å². The fourth-order valence-corrected chi connectivity index (χ4v) is 5.64. The first-order valence-corrected chi connectivity index (χ1v) is 15.4. The van der Waals surface area contributed by atoms with Gasteiger partial charge in [-0.2, -0.15) is 5.26 Å². The van der Waals surface area contributed by atoms with Crippen LogP contribution in [0.2, 0.25) is 0 Å². The standard InChI is InChI=1S/C38H38N2O5/c1-3-4-5-6-13-22-43-32-21-18-28(23-34(32)42-2)36-30-20-19-29(24-33(30)45-37(40)31(36)25-39)44-38(41)35(26-14-9-7-10-15-26)27-16-11-8-12-17-27/h7-12,14-21,23-24,35-36H,3-6,13,22,40H2,1-2H3. The van der Waals surface area contributed by atoms with Gasteiger partial charge in [-0.1, -0.05) is 105 Å². The second-order valence-electron chi connectivity index (χ2n) is 11.0. The highest BCUT2D eigenvalue weighted by molar-refractivity contribution is 5.84. The Morgan fingerprint density at radius 3 is 2.22 bits per heavy atom. The summed E-state index contributed by atoms with van der Waals surface area (Å²) in [6.45, 7) is 2.80. The fourth-order valence-electron chi connectivity index (χ4n) is 5.64. The molecule has 4 aromatic carbocycles. The lowest BCUT2D eigenvalue weighted by molar-refractivity contribution is -0.135. The number of rotatable bonds is 13. The number of carbonyl (C=O) groups excluding carboxylic acids is 1. The Balaban J connectivity index is 1.40. The molecule has 0 spiro atoms. The van der Waals surface area contributed by atoms with Gasteiger partial charge in [0.1, 0.15) is 29.1 Å². The molecule has 0 saturated heterocycles. The first-order chi connectivity index (χ1) is 22.0. The Morgan fingerprint density at radius 2 is 1.58 bits per heavy atom. The molecule has 0 aromatic heterocycles. The van der Waals surface area contributed by atoms with Crippen LogP contribution in [0.25, 0.3) is 0 Å². The van der Waals surface area contributed by atoms with Gasteiger partial charge in [-0.05, 0) is 41.3 Å². The van der Waals surface area contributed by atoms with Gasteiger partial charge >= 0.3 is 5.97 Å². The van der Waals surface area contributed by atoms with E-state index in [1.54, 1.807) is 25.3 Å². The number of hydrogen-bond donors (Lipinski definition) is 1. The Hall–Kier alpha value is -5.22. The van der Waals surface area contributed by atoms with E-state index in [2.05, 4.69) is 13.0 Å². The Labute approximate surface area is 264 Å². The largest absolute Gasteiger partial charge is 0.493 e. The molecule has 0 fully saturated rings. The van der Waals surface area contributed by atoms with E-state index in [0.717, 1.165) is 35.1 Å². The van der Waals surface area contributed by atoms with Crippen molar-refractivity contribution in [1.29, 1.82) is 5.26 Å². The van der Waals surface area contributed by atoms with E-state index in [9.17, 15) is 10.1 Å². The quantitative estimate of drug-likeness (QED) is 0.0939. The first kappa shape index (κ1) is 31.2. The smallest absolute Gasteiger partial charge is 0.323 e. The highest BCUT2D eigenvalue weighted by Gasteiger charge is 2.32. The highest BCUT2D eigenvalue weighted by Crippen LogP contribution is 2.45. The maximum atomic E-state index is 13.6. The van der Waals surface area contributed by atoms with Crippen molar-refractivity contribution in [3.63, 3.8) is 0 Å². The zero-order valence-electron chi connectivity index (χ0n) is 25.7. The maximum Gasteiger partial charge on any atom is 0.323 e. The van der Waals surface area contributed by atoms with Crippen LogP contribution < -0.4 is 24.7 Å². The first-order valence-electron chi connectivity index (χ1n) is 15.4. The van der Waals surface area contributed by atoms with Crippen molar-refractivity contribution in [3.8, 4) is 29.1 Å². The highest BCUT2D eigenvalue weighted by atomic mass is 16.5. The number of nitrogens with two attached hydrogens (primary N) is 1. The number of hydrogen-bond acceptors (Lipinski definition) is 7. The van der Waals surface area contributed by atoms with Crippen LogP contribution in [-0.4, -0.2) is 19.7 Å². The lowest BCUT2D eigenvalue weighted by atomic mass is 9.83. The van der Waals surface area contributed by atoms with Gasteiger partial charge in [0.15, 0.2) is 11.5 Å². The molecule has 230 valence electrons. The number of allylic oxidation sites excluding steroid dienone is 1. The maximum absolute atomic E-state index is 13.6. The van der Waals surface area contributed by atoms with Gasteiger partial charge in [0.05, 0.1) is 19.6 Å². The molecule has 1 aliphatic heterocycles. The molecule has 0 bridgehead atoms. The molecule has 1 atom stereocenters. The third-order valence-corrected chi connectivity index (χ3v) is 7.94. The number of esters is 1. The lowest BCUT2D eigenvalue weighted by Gasteiger charge is -2.27. The fraction of sp³-hybridized carbons (Fsp3) is 0.263. The van der Waals surface area contributed by atoms with Crippen molar-refractivity contribution < 1.29 is 23.7 Å². The predicted molar refractivity (Wildman–Crippen MR) is 173 cm³/mol. The van der Waals surface area contributed by atoms with E-state index < -0.39 is 17.8 Å². The monoisotopic (exact) mass is 602 g/mol. The number of nitrogens with zero attached hydrogens (tertiary/aromatic N) is 1. The van der Waals surface area contributed by atoms with Crippen LogP contribution in [0.4, 0.5) is 0 Å². The average Bonchev–Trinajstić information content (AvgIpc) is 3.06. The second kappa shape index (κ2) is 15.0. The molecule has 0 amide bonds. The number of carbonyl (C=O) groups is 1. The van der Waals surface area contributed by atoms with Crippen molar-refractivity contribution in [2.24, 2.45) is 5.73 Å². The van der Waals surface area contributed by atoms with Crippen molar-refractivity contribution in [3.05, 3.63) is 131 Å². The lowest BCUT2D eigenvalue weighted by Crippen LogP contribution is -2.22. The van der Waals surface area contributed by atoms with Crippen LogP contribution in [0.5, 0.6) is 23.0 Å². The minimum absolute atomic E-state index is 0.00343. The van der Waals surface area contributed by atoms with Crippen LogP contribution in [0.1, 0.15) is 73.1 Å². The predicted octanol–water partition coefficient (Wildman–Crippen LogP) is 8.00. The van der Waals surface area contributed by atoms with Crippen molar-refractivity contribution >= 4 is 5.97 Å². The minimum atomic E-state index is -0.614. The number of methoxy groups -OCH3 is 1. The summed E-state index contributed by atoms with van der Waals surface area (Å²) in [5.74, 6) is 0.380. The van der Waals surface area contributed by atoms with E-state index in [1.807, 2.05) is 78.9 Å². The summed E-state index contributed by atoms with van der Waals surface area (Å²) >= 11 is 0. The molecule has 0 saturated carbocycles. The van der Waals surface area contributed by atoms with Gasteiger partial charge in [0, 0.05) is 11.6 Å². The molecule has 45 heavy (non-hydrogen) atoms. The van der Waals surface area contributed by atoms with Crippen LogP contribution >= 0.6 is 0 Å². The van der Waals surface area contributed by atoms with Gasteiger partial charge in [-0.15, -0.1) is 0 Å². The zero-order chi connectivity index (χ0) is 31.6. The van der Waals surface area contributed by atoms with E-state index >= 15 is 0 Å². The summed E-state index contributed by atoms with van der Waals surface area (Å²) in [7, 11) is 1.60. The molecule has 7 heteroatoms. The second-order valence-corrected chi connectivity index (χ2v) is 11.0. The Morgan fingerprint density at radius 1 is 0.889 bits per heavy atom. The molecule has 5 rings (SSSR count). The number of nitriles is 1. The van der Waals surface area contributed by atoms with Gasteiger partial charge in [0.25, 0.3) is 0 Å². The minimum Gasteiger partial charge on any atom is -0.493 e. The summed E-state index contributed by atoms with van der Waals surface area (Å²) in [4.78, 5) is 13.6. The van der Waals surface area contributed by atoms with Crippen LogP contribution in [0.15, 0.2) is 109 Å². The summed E-state index contributed by atoms with van der Waals surface area (Å²) in [5.41, 5.74) is 9.72. The molecule has 1 heterocycles. The molecule has 2 N–H and O–H groups in total. The van der Waals surface area contributed by atoms with Crippen molar-refractivity contribution in [1.82, 2.24) is 0 Å². The third-order valence-electron chi connectivity index (χ3n) is 7.94. The Kier molecular flexibility index (Phi) is 10.4. The van der Waals surface area contributed by atoms with E-state index in [0.29, 0.717) is 29.6 Å². The van der Waals surface area contributed by atoms with E-state index in [1.165, 1.54) is 19.3 Å². The number of unbranched alkanes of at least 4 members (excludes halogenated alkanes) is 4. The molecular formula is C38H38N2O5. The van der Waals surface area contributed by atoms with Crippen LogP contribution in [0.3, 0.4) is 0 Å². The molecular weight excluding hydrogens is 564 g/mol. The van der Waals surface area contributed by atoms with Crippen molar-refractivity contribution in [2.75, 3.05) is 13.7 Å². The van der Waals surface area contributed by atoms with Gasteiger partial charge in [-0.25, -0.2) is 0 Å². The Bertz CT molecular complexity index is 1640. The SMILES string of the molecule is CCCCCCCOc1ccc(C2C(C#N)=C(N)Oc3cc(OC(=O)C(c4ccccc4)c4ccccc4)ccc32)cc1OC. The average molecular weight is 603 g/mol. The number of benzene rings is 4. The molecule has 0 aliphatic carbocycles. The van der Waals surface area contributed by atoms with Gasteiger partial charge in [0.2, 0.25) is 5.88 Å². The van der Waals surface area contributed by atoms with Crippen LogP contribution in [-0.2, 0) is 4.79 Å². The van der Waals surface area contributed by atoms with Crippen molar-refractivity contribution in [2.45, 2.75) is 50.9 Å². The van der Waals surface area contributed by atoms with E-state index in [-0.39, 0.29) is 11.5 Å². The molecule has 7 nitrogen and oxygen atoms in total. The van der Waals surface area contributed by atoms with Crippen LogP contribution in [0, 0.1) is 11.3 Å².